The van der Waals surface area contributed by atoms with Gasteiger partial charge < -0.3 is 19.7 Å². The molecule has 0 amide bonds. The van der Waals surface area contributed by atoms with E-state index in [1.54, 1.807) is 16.9 Å². The van der Waals surface area contributed by atoms with Crippen molar-refractivity contribution in [2.24, 2.45) is 0 Å². The molecule has 1 aliphatic heterocycles. The minimum absolute atomic E-state index is 0.0198. The fourth-order valence-electron chi connectivity index (χ4n) is 2.64. The van der Waals surface area contributed by atoms with Gasteiger partial charge in [0.15, 0.2) is 0 Å². The third kappa shape index (κ3) is 4.28. The zero-order valence-corrected chi connectivity index (χ0v) is 12.9. The van der Waals surface area contributed by atoms with Crippen LogP contribution in [0.15, 0.2) is 30.5 Å². The first-order valence-corrected chi connectivity index (χ1v) is 7.69. The van der Waals surface area contributed by atoms with E-state index in [0.717, 1.165) is 12.0 Å². The molecule has 1 aromatic heterocycles. The Morgan fingerprint density at radius 1 is 1.39 bits per heavy atom. The molecule has 2 aromatic rings. The largest absolute Gasteiger partial charge is 0.487 e. The summed E-state index contributed by atoms with van der Waals surface area (Å²) in [6.07, 6.45) is 3.32. The van der Waals surface area contributed by atoms with Gasteiger partial charge >= 0.3 is 0 Å². The van der Waals surface area contributed by atoms with Gasteiger partial charge in [-0.3, -0.25) is 0 Å². The second kappa shape index (κ2) is 7.08. The molecular formula is C16H21N3O4. The Kier molecular flexibility index (Phi) is 4.90. The van der Waals surface area contributed by atoms with E-state index in [0.29, 0.717) is 37.6 Å². The quantitative estimate of drug-likeness (QED) is 0.822. The molecule has 2 N–H and O–H groups in total. The minimum Gasteiger partial charge on any atom is -0.487 e. The highest BCUT2D eigenvalue weighted by molar-refractivity contribution is 5.28. The topological polar surface area (TPSA) is 89.6 Å². The Morgan fingerprint density at radius 2 is 2.30 bits per heavy atom. The summed E-state index contributed by atoms with van der Waals surface area (Å²) in [5.74, 6) is 0.672. The van der Waals surface area contributed by atoms with E-state index >= 15 is 0 Å². The van der Waals surface area contributed by atoms with Gasteiger partial charge in [-0.2, -0.15) is 0 Å². The second-order valence-corrected chi connectivity index (χ2v) is 5.88. The van der Waals surface area contributed by atoms with Crippen LogP contribution in [0, 0.1) is 0 Å². The Labute approximate surface area is 134 Å². The summed E-state index contributed by atoms with van der Waals surface area (Å²) < 4.78 is 12.6. The summed E-state index contributed by atoms with van der Waals surface area (Å²) in [5.41, 5.74) is 0.602. The lowest BCUT2D eigenvalue weighted by Gasteiger charge is -2.31. The number of hydrogen-bond donors (Lipinski definition) is 2. The fraction of sp³-hybridized carbons (Fsp3) is 0.500. The van der Waals surface area contributed by atoms with E-state index in [4.69, 9.17) is 14.6 Å². The third-order valence-corrected chi connectivity index (χ3v) is 3.81. The van der Waals surface area contributed by atoms with Crippen LogP contribution in [0.3, 0.4) is 0 Å². The molecule has 0 bridgehead atoms. The highest BCUT2D eigenvalue weighted by atomic mass is 16.5. The van der Waals surface area contributed by atoms with Crippen LogP contribution in [0.1, 0.15) is 24.1 Å². The number of rotatable bonds is 6. The highest BCUT2D eigenvalue weighted by Crippen LogP contribution is 2.21. The number of aliphatic hydroxyl groups excluding tert-OH is 1. The minimum atomic E-state index is -0.875. The SMILES string of the molecule is OCc1cccc(OCc2cn(CC3(O)CCCOC3)nn2)c1. The van der Waals surface area contributed by atoms with Crippen molar-refractivity contribution in [3.05, 3.63) is 41.7 Å². The molecule has 0 aliphatic carbocycles. The van der Waals surface area contributed by atoms with Gasteiger partial charge in [-0.25, -0.2) is 4.68 Å². The molecule has 0 spiro atoms. The van der Waals surface area contributed by atoms with Crippen molar-refractivity contribution in [3.63, 3.8) is 0 Å². The Balaban J connectivity index is 1.56. The molecule has 7 nitrogen and oxygen atoms in total. The predicted molar refractivity (Wildman–Crippen MR) is 81.7 cm³/mol. The maximum atomic E-state index is 10.4. The molecule has 1 atom stereocenters. The molecule has 7 heteroatoms. The molecule has 1 aliphatic rings. The first-order chi connectivity index (χ1) is 11.2. The normalized spacial score (nSPS) is 21.3. The lowest BCUT2D eigenvalue weighted by molar-refractivity contribution is -0.0960. The van der Waals surface area contributed by atoms with Crippen molar-refractivity contribution in [1.29, 1.82) is 0 Å². The average Bonchev–Trinajstić information content (AvgIpc) is 3.00. The Hall–Kier alpha value is -1.96. The van der Waals surface area contributed by atoms with Crippen molar-refractivity contribution in [3.8, 4) is 5.75 Å². The maximum Gasteiger partial charge on any atom is 0.134 e. The molecule has 1 aromatic carbocycles. The van der Waals surface area contributed by atoms with Crippen molar-refractivity contribution < 1.29 is 19.7 Å². The van der Waals surface area contributed by atoms with E-state index in [1.807, 2.05) is 18.2 Å². The predicted octanol–water partition coefficient (Wildman–Crippen LogP) is 0.891. The van der Waals surface area contributed by atoms with Crippen LogP contribution >= 0.6 is 0 Å². The molecule has 1 fully saturated rings. The third-order valence-electron chi connectivity index (χ3n) is 3.81. The smallest absolute Gasteiger partial charge is 0.134 e. The van der Waals surface area contributed by atoms with E-state index in [1.165, 1.54) is 0 Å². The summed E-state index contributed by atoms with van der Waals surface area (Å²) in [4.78, 5) is 0. The monoisotopic (exact) mass is 319 g/mol. The summed E-state index contributed by atoms with van der Waals surface area (Å²) in [6.45, 7) is 1.65. The number of nitrogens with zero attached hydrogens (tertiary/aromatic N) is 3. The van der Waals surface area contributed by atoms with E-state index in [-0.39, 0.29) is 13.2 Å². The van der Waals surface area contributed by atoms with Crippen molar-refractivity contribution >= 4 is 0 Å². The first-order valence-electron chi connectivity index (χ1n) is 7.69. The number of aromatic nitrogens is 3. The maximum absolute atomic E-state index is 10.4. The van der Waals surface area contributed by atoms with Crippen molar-refractivity contribution in [2.45, 2.75) is 38.2 Å². The van der Waals surface area contributed by atoms with E-state index in [9.17, 15) is 5.11 Å². The van der Waals surface area contributed by atoms with Gasteiger partial charge in [0.2, 0.25) is 0 Å². The molecule has 2 heterocycles. The van der Waals surface area contributed by atoms with Crippen LogP contribution in [-0.4, -0.2) is 44.0 Å². The second-order valence-electron chi connectivity index (χ2n) is 5.88. The Morgan fingerprint density at radius 3 is 3.09 bits per heavy atom. The molecule has 23 heavy (non-hydrogen) atoms. The van der Waals surface area contributed by atoms with Gasteiger partial charge in [-0.1, -0.05) is 17.3 Å². The van der Waals surface area contributed by atoms with Crippen LogP contribution in [0.2, 0.25) is 0 Å². The standard InChI is InChI=1S/C16H21N3O4/c20-9-13-3-1-4-15(7-13)23-10-14-8-19(18-17-14)11-16(21)5-2-6-22-12-16/h1,3-4,7-8,20-21H,2,5-6,9-12H2. The lowest BCUT2D eigenvalue weighted by atomic mass is 9.97. The van der Waals surface area contributed by atoms with Crippen LogP contribution in [0.4, 0.5) is 0 Å². The molecule has 0 saturated carbocycles. The molecule has 1 unspecified atom stereocenters. The number of aliphatic hydroxyl groups is 2. The molecular weight excluding hydrogens is 298 g/mol. The van der Waals surface area contributed by atoms with Crippen molar-refractivity contribution in [1.82, 2.24) is 15.0 Å². The van der Waals surface area contributed by atoms with Crippen molar-refractivity contribution in [2.75, 3.05) is 13.2 Å². The number of hydrogen-bond acceptors (Lipinski definition) is 6. The summed E-state index contributed by atoms with van der Waals surface area (Å²) in [5, 5.41) is 27.6. The van der Waals surface area contributed by atoms with Gasteiger partial charge in [-0.05, 0) is 30.5 Å². The summed E-state index contributed by atoms with van der Waals surface area (Å²) in [6, 6.07) is 7.27. The van der Waals surface area contributed by atoms with Gasteiger partial charge in [0, 0.05) is 6.61 Å². The zero-order chi connectivity index (χ0) is 16.1. The van der Waals surface area contributed by atoms with Crippen LogP contribution < -0.4 is 4.74 Å². The molecule has 124 valence electrons. The van der Waals surface area contributed by atoms with E-state index < -0.39 is 5.60 Å². The number of ether oxygens (including phenoxy) is 2. The van der Waals surface area contributed by atoms with Crippen LogP contribution in [0.5, 0.6) is 5.75 Å². The summed E-state index contributed by atoms with van der Waals surface area (Å²) in [7, 11) is 0. The fourth-order valence-corrected chi connectivity index (χ4v) is 2.64. The average molecular weight is 319 g/mol. The molecule has 0 radical (unpaired) electrons. The van der Waals surface area contributed by atoms with Gasteiger partial charge in [0.25, 0.3) is 0 Å². The van der Waals surface area contributed by atoms with Gasteiger partial charge in [0.05, 0.1) is 26.0 Å². The Bertz CT molecular complexity index is 638. The van der Waals surface area contributed by atoms with Crippen LogP contribution in [-0.2, 0) is 24.5 Å². The molecule has 3 rings (SSSR count). The van der Waals surface area contributed by atoms with Crippen LogP contribution in [0.25, 0.3) is 0 Å². The zero-order valence-electron chi connectivity index (χ0n) is 12.9. The van der Waals surface area contributed by atoms with E-state index in [2.05, 4.69) is 10.3 Å². The molecule has 1 saturated heterocycles. The van der Waals surface area contributed by atoms with Gasteiger partial charge in [0.1, 0.15) is 23.7 Å². The highest BCUT2D eigenvalue weighted by Gasteiger charge is 2.31. The summed E-state index contributed by atoms with van der Waals surface area (Å²) >= 11 is 0. The lowest BCUT2D eigenvalue weighted by Crippen LogP contribution is -2.42. The number of benzene rings is 1. The first kappa shape index (κ1) is 15.9. The van der Waals surface area contributed by atoms with Gasteiger partial charge in [-0.15, -0.1) is 5.10 Å².